The highest BCUT2D eigenvalue weighted by atomic mass is 16.3. The largest absolute Gasteiger partial charge is 0.457 e. The summed E-state index contributed by atoms with van der Waals surface area (Å²) in [6.07, 6.45) is 4.61. The number of nitrogens with one attached hydrogen (secondary N) is 2. The average Bonchev–Trinajstić information content (AvgIpc) is 2.92. The Morgan fingerprint density at radius 1 is 0.579 bits per heavy atom. The van der Waals surface area contributed by atoms with Crippen LogP contribution in [0.5, 0.6) is 0 Å². The van der Waals surface area contributed by atoms with Crippen molar-refractivity contribution in [3.63, 3.8) is 0 Å². The van der Waals surface area contributed by atoms with Crippen molar-refractivity contribution in [3.8, 4) is 0 Å². The zero-order valence-corrected chi connectivity index (χ0v) is 22.6. The molecule has 38 heavy (non-hydrogen) atoms. The molecule has 0 amide bonds. The average molecular weight is 516 g/mol. The van der Waals surface area contributed by atoms with Crippen molar-refractivity contribution >= 4 is 13.2 Å². The molecule has 0 atom stereocenters. The fourth-order valence-corrected chi connectivity index (χ4v) is 3.50. The van der Waals surface area contributed by atoms with Gasteiger partial charge in [0.2, 0.25) is 0 Å². The van der Waals surface area contributed by atoms with E-state index in [9.17, 15) is 0 Å². The van der Waals surface area contributed by atoms with Crippen molar-refractivity contribution in [1.82, 2.24) is 0 Å². The molecular formula is C32H43N4O2+3. The molecule has 0 heterocycles. The fourth-order valence-electron chi connectivity index (χ4n) is 3.50. The summed E-state index contributed by atoms with van der Waals surface area (Å²) in [4.78, 5) is 8.46. The minimum Gasteiger partial charge on any atom is -0.457 e. The molecule has 0 spiro atoms. The number of hydrazine groups is 1. The second kappa shape index (κ2) is 19.7. The van der Waals surface area contributed by atoms with Gasteiger partial charge in [-0.2, -0.15) is 11.4 Å². The van der Waals surface area contributed by atoms with Crippen LogP contribution in [0.4, 0.5) is 0 Å². The third-order valence-electron chi connectivity index (χ3n) is 5.69. The number of hydrogen-bond acceptors (Lipinski definition) is 2. The molecule has 0 unspecified atom stereocenters. The van der Waals surface area contributed by atoms with Crippen LogP contribution in [0.1, 0.15) is 33.4 Å². The lowest BCUT2D eigenvalue weighted by Gasteiger charge is -2.09. The lowest BCUT2D eigenvalue weighted by Crippen LogP contribution is -2.72. The summed E-state index contributed by atoms with van der Waals surface area (Å²) >= 11 is 0. The minimum atomic E-state index is 0. The number of aryl methyl sites for hydroxylation is 6. The number of nitrogens with two attached hydrogens (primary N) is 2. The van der Waals surface area contributed by atoms with Crippen LogP contribution in [0.2, 0.25) is 0 Å². The van der Waals surface area contributed by atoms with E-state index in [2.05, 4.69) is 111 Å². The summed E-state index contributed by atoms with van der Waals surface area (Å²) in [6.45, 7) is 11.7. The van der Waals surface area contributed by atoms with E-state index in [1.165, 1.54) is 33.4 Å². The summed E-state index contributed by atoms with van der Waals surface area (Å²) in [6, 6.07) is 34.5. The first-order valence-electron chi connectivity index (χ1n) is 12.2. The summed E-state index contributed by atoms with van der Waals surface area (Å²) in [7, 11) is 0. The molecule has 0 aromatic heterocycles. The van der Waals surface area contributed by atoms with Crippen LogP contribution in [0.15, 0.2) is 97.1 Å². The van der Waals surface area contributed by atoms with Gasteiger partial charge in [-0.3, -0.25) is 0 Å². The van der Waals surface area contributed by atoms with Crippen molar-refractivity contribution < 1.29 is 16.3 Å². The smallest absolute Gasteiger partial charge is 0.0972 e. The van der Waals surface area contributed by atoms with Crippen molar-refractivity contribution in [2.24, 2.45) is 5.84 Å². The van der Waals surface area contributed by atoms with E-state index >= 15 is 0 Å². The molecule has 0 saturated carbocycles. The van der Waals surface area contributed by atoms with Crippen LogP contribution in [-0.4, -0.2) is 0 Å². The Bertz CT molecular complexity index is 1110. The first kappa shape index (κ1) is 33.6. The Morgan fingerprint density at radius 3 is 0.947 bits per heavy atom. The van der Waals surface area contributed by atoms with Crippen LogP contribution in [0, 0.1) is 24.3 Å². The van der Waals surface area contributed by atoms with Gasteiger partial charge in [0.15, 0.2) is 0 Å². The zero-order chi connectivity index (χ0) is 27.5. The van der Waals surface area contributed by atoms with Crippen molar-refractivity contribution in [3.05, 3.63) is 146 Å². The maximum atomic E-state index is 8.46. The second-order valence-electron chi connectivity index (χ2n) is 8.72. The molecular weight excluding hydrogens is 472 g/mol. The molecule has 6 heteroatoms. The minimum absolute atomic E-state index is 0. The molecule has 0 saturated heterocycles. The van der Waals surface area contributed by atoms with E-state index in [4.69, 9.17) is 10.4 Å². The molecule has 4 aliphatic carbocycles. The molecule has 0 radical (unpaired) electrons. The summed E-state index contributed by atoms with van der Waals surface area (Å²) < 4.78 is 0. The summed E-state index contributed by atoms with van der Waals surface area (Å²) in [5.74, 6) is 4.04. The standard InChI is InChI=1S/C16H16.C8H10.C8H8.H2N2O.H2N2.H2O/c1-2-14-4-3-13(1)9-10-15-5-7-16(8-6-15)12-11-14;2*1-7-3-5-8(2)6-4-7;1-2-3;1-2;/h1-8H,9-12H2;3-6H,1-2H3;3-6H,1-2H2;(H2,1,3);1-2H;1H2/p+3. The van der Waals surface area contributed by atoms with Gasteiger partial charge in [-0.1, -0.05) is 127 Å². The van der Waals surface area contributed by atoms with Gasteiger partial charge in [0.05, 0.1) is 5.29 Å². The Morgan fingerprint density at radius 2 is 0.763 bits per heavy atom. The molecule has 4 aromatic carbocycles. The Labute approximate surface area is 226 Å². The molecule has 4 aliphatic rings. The summed E-state index contributed by atoms with van der Waals surface area (Å²) in [5.41, 5.74) is 17.5. The van der Waals surface area contributed by atoms with Gasteiger partial charge in [-0.25, -0.2) is 0 Å². The molecule has 0 fully saturated rings. The van der Waals surface area contributed by atoms with E-state index < -0.39 is 0 Å². The number of hydrogen-bond donors (Lipinski definition) is 4. The first-order chi connectivity index (χ1) is 17.9. The maximum Gasteiger partial charge on any atom is 0.0972 e. The zero-order valence-electron chi connectivity index (χ0n) is 22.6. The lowest BCUT2D eigenvalue weighted by atomic mass is 9.97. The van der Waals surface area contributed by atoms with Crippen molar-refractivity contribution in [1.29, 1.82) is 5.53 Å². The van der Waals surface area contributed by atoms with E-state index in [0.717, 1.165) is 41.4 Å². The normalized spacial score (nSPS) is 10.4. The van der Waals surface area contributed by atoms with Crippen LogP contribution in [0.3, 0.4) is 0 Å². The van der Waals surface area contributed by atoms with E-state index in [-0.39, 0.29) is 5.48 Å². The Kier molecular flexibility index (Phi) is 17.4. The third kappa shape index (κ3) is 14.2. The van der Waals surface area contributed by atoms with Gasteiger partial charge < -0.3 is 5.48 Å². The Hall–Kier alpha value is -4.42. The van der Waals surface area contributed by atoms with Crippen molar-refractivity contribution in [2.75, 3.05) is 0 Å². The predicted molar refractivity (Wildman–Crippen MR) is 158 cm³/mol. The molecule has 6 nitrogen and oxygen atoms in total. The van der Waals surface area contributed by atoms with Crippen LogP contribution in [-0.2, 0) is 31.2 Å². The maximum absolute atomic E-state index is 8.46. The Balaban J connectivity index is 0.000000531. The topological polar surface area (TPSA) is 140 Å². The number of nitroso groups, excluding NO2 is 1. The van der Waals surface area contributed by atoms with Crippen molar-refractivity contribution in [2.45, 2.75) is 39.5 Å². The van der Waals surface area contributed by atoms with Gasteiger partial charge in [-0.05, 0) is 72.2 Å². The predicted octanol–water partition coefficient (Wildman–Crippen LogP) is 1.94. The molecule has 4 bridgehead atoms. The number of benzene rings is 4. The molecule has 200 valence electrons. The van der Waals surface area contributed by atoms with E-state index in [0.29, 0.717) is 0 Å². The van der Waals surface area contributed by atoms with Gasteiger partial charge in [0.25, 0.3) is 0 Å². The van der Waals surface area contributed by atoms with Gasteiger partial charge in [0, 0.05) is 4.91 Å². The summed E-state index contributed by atoms with van der Waals surface area (Å²) in [5, 5.41) is 3.08. The molecule has 9 N–H and O–H groups in total. The monoisotopic (exact) mass is 515 g/mol. The van der Waals surface area contributed by atoms with E-state index in [1.54, 1.807) is 0 Å². The highest BCUT2D eigenvalue weighted by Crippen LogP contribution is 2.15. The molecule has 8 rings (SSSR count). The third-order valence-corrected chi connectivity index (χ3v) is 5.69. The fraction of sp³-hybridized carbons (Fsp3) is 0.188. The van der Waals surface area contributed by atoms with Crippen LogP contribution >= 0.6 is 0 Å². The lowest BCUT2D eigenvalue weighted by molar-refractivity contribution is -0.492. The van der Waals surface area contributed by atoms with Crippen LogP contribution in [0.25, 0.3) is 13.2 Å². The van der Waals surface area contributed by atoms with Crippen LogP contribution < -0.4 is 27.1 Å². The van der Waals surface area contributed by atoms with Gasteiger partial charge in [0.1, 0.15) is 0 Å². The molecule has 4 aromatic rings. The van der Waals surface area contributed by atoms with E-state index in [1.807, 2.05) is 24.3 Å². The molecule has 0 aliphatic heterocycles. The SMILES string of the molecule is C=c1ccc(=C)cc1.Cc1ccc(C)cc1.N=[NH2+].N[NH+]=O.[OH3+].c1cc2ccc1CCc1ccc(cc1)CC2. The highest BCUT2D eigenvalue weighted by Gasteiger charge is 2.01. The first-order valence-corrected chi connectivity index (χ1v) is 12.2. The number of rotatable bonds is 0. The van der Waals surface area contributed by atoms with Gasteiger partial charge in [-0.15, -0.1) is 0 Å². The second-order valence-corrected chi connectivity index (χ2v) is 8.72. The highest BCUT2D eigenvalue weighted by molar-refractivity contribution is 5.29. The quantitative estimate of drug-likeness (QED) is 0.123. The van der Waals surface area contributed by atoms with Gasteiger partial charge >= 0.3 is 0 Å².